The molecule has 0 spiro atoms. The summed E-state index contributed by atoms with van der Waals surface area (Å²) in [4.78, 5) is 24.0. The predicted molar refractivity (Wildman–Crippen MR) is 99.9 cm³/mol. The number of likely N-dealkylation sites (tertiary alicyclic amines) is 1. The second kappa shape index (κ2) is 8.31. The Hall–Kier alpha value is -2.41. The standard InChI is InChI=1S/C19H27N5O2/c1-13(2)17-22-12-16(18(23-17)21-11-15-7-5-9-26-15)19(25)24-8-4-3-6-14(24)10-20/h5,7,9,12-14H,3-4,6,8,10-11,20H2,1-2H3,(H,21,22,23). The van der Waals surface area contributed by atoms with Crippen molar-refractivity contribution in [3.05, 3.63) is 41.7 Å². The van der Waals surface area contributed by atoms with E-state index in [4.69, 9.17) is 10.2 Å². The topological polar surface area (TPSA) is 97.3 Å². The van der Waals surface area contributed by atoms with Crippen LogP contribution < -0.4 is 11.1 Å². The molecule has 0 aliphatic carbocycles. The molecule has 0 aromatic carbocycles. The number of hydrogen-bond acceptors (Lipinski definition) is 6. The van der Waals surface area contributed by atoms with Crippen LogP contribution in [0, 0.1) is 0 Å². The zero-order valence-corrected chi connectivity index (χ0v) is 15.4. The van der Waals surface area contributed by atoms with Crippen LogP contribution in [0.3, 0.4) is 0 Å². The van der Waals surface area contributed by atoms with Crippen LogP contribution in [-0.2, 0) is 6.54 Å². The van der Waals surface area contributed by atoms with Crippen molar-refractivity contribution in [1.29, 1.82) is 0 Å². The summed E-state index contributed by atoms with van der Waals surface area (Å²) < 4.78 is 5.37. The molecule has 1 aliphatic heterocycles. The molecule has 7 heteroatoms. The van der Waals surface area contributed by atoms with Gasteiger partial charge in [-0.3, -0.25) is 4.79 Å². The van der Waals surface area contributed by atoms with E-state index >= 15 is 0 Å². The molecule has 1 unspecified atom stereocenters. The lowest BCUT2D eigenvalue weighted by Crippen LogP contribution is -2.47. The van der Waals surface area contributed by atoms with Gasteiger partial charge in [-0.25, -0.2) is 9.97 Å². The number of rotatable bonds is 6. The number of nitrogens with one attached hydrogen (secondary N) is 1. The van der Waals surface area contributed by atoms with Gasteiger partial charge in [0.05, 0.1) is 12.8 Å². The molecular formula is C19H27N5O2. The Kier molecular flexibility index (Phi) is 5.88. The maximum atomic E-state index is 13.2. The molecule has 7 nitrogen and oxygen atoms in total. The maximum absolute atomic E-state index is 13.2. The fourth-order valence-corrected chi connectivity index (χ4v) is 3.22. The van der Waals surface area contributed by atoms with E-state index in [-0.39, 0.29) is 17.9 Å². The van der Waals surface area contributed by atoms with Crippen LogP contribution in [0.5, 0.6) is 0 Å². The van der Waals surface area contributed by atoms with Crippen molar-refractivity contribution in [2.75, 3.05) is 18.4 Å². The molecule has 3 heterocycles. The molecule has 2 aromatic rings. The third-order valence-electron chi connectivity index (χ3n) is 4.72. The van der Waals surface area contributed by atoms with E-state index in [0.717, 1.165) is 31.6 Å². The zero-order valence-electron chi connectivity index (χ0n) is 15.4. The number of carbonyl (C=O) groups is 1. The molecule has 1 saturated heterocycles. The Morgan fingerprint density at radius 3 is 3.00 bits per heavy atom. The molecular weight excluding hydrogens is 330 g/mol. The monoisotopic (exact) mass is 357 g/mol. The number of hydrogen-bond donors (Lipinski definition) is 2. The second-order valence-electron chi connectivity index (χ2n) is 6.96. The first-order valence-corrected chi connectivity index (χ1v) is 9.24. The van der Waals surface area contributed by atoms with E-state index < -0.39 is 0 Å². The van der Waals surface area contributed by atoms with Crippen LogP contribution in [0.2, 0.25) is 0 Å². The Labute approximate surface area is 154 Å². The van der Waals surface area contributed by atoms with Gasteiger partial charge in [-0.2, -0.15) is 0 Å². The first-order valence-electron chi connectivity index (χ1n) is 9.24. The smallest absolute Gasteiger partial charge is 0.259 e. The fraction of sp³-hybridized carbons (Fsp3) is 0.526. The average molecular weight is 357 g/mol. The van der Waals surface area contributed by atoms with Crippen molar-refractivity contribution in [1.82, 2.24) is 14.9 Å². The molecule has 0 radical (unpaired) electrons. The van der Waals surface area contributed by atoms with Gasteiger partial charge in [0, 0.05) is 31.2 Å². The molecule has 0 saturated carbocycles. The third kappa shape index (κ3) is 4.04. The number of piperidine rings is 1. The van der Waals surface area contributed by atoms with Gasteiger partial charge in [0.1, 0.15) is 23.0 Å². The van der Waals surface area contributed by atoms with Gasteiger partial charge in [-0.1, -0.05) is 13.8 Å². The third-order valence-corrected chi connectivity index (χ3v) is 4.72. The molecule has 0 bridgehead atoms. The molecule has 1 amide bonds. The summed E-state index contributed by atoms with van der Waals surface area (Å²) in [5.41, 5.74) is 6.37. The fourth-order valence-electron chi connectivity index (χ4n) is 3.22. The molecule has 140 valence electrons. The van der Waals surface area contributed by atoms with Crippen LogP contribution in [-0.4, -0.2) is 39.9 Å². The minimum absolute atomic E-state index is 0.0580. The highest BCUT2D eigenvalue weighted by atomic mass is 16.3. The number of furan rings is 1. The molecule has 2 aromatic heterocycles. The second-order valence-corrected chi connectivity index (χ2v) is 6.96. The Morgan fingerprint density at radius 2 is 2.31 bits per heavy atom. The highest BCUT2D eigenvalue weighted by molar-refractivity contribution is 5.98. The molecule has 3 N–H and O–H groups in total. The zero-order chi connectivity index (χ0) is 18.5. The van der Waals surface area contributed by atoms with Gasteiger partial charge in [0.15, 0.2) is 0 Å². The SMILES string of the molecule is CC(C)c1ncc(C(=O)N2CCCCC2CN)c(NCc2ccco2)n1. The number of anilines is 1. The number of nitrogens with zero attached hydrogens (tertiary/aromatic N) is 3. The summed E-state index contributed by atoms with van der Waals surface area (Å²) in [6.45, 7) is 5.72. The van der Waals surface area contributed by atoms with Crippen LogP contribution in [0.4, 0.5) is 5.82 Å². The summed E-state index contributed by atoms with van der Waals surface area (Å²) in [7, 11) is 0. The Morgan fingerprint density at radius 1 is 1.46 bits per heavy atom. The van der Waals surface area contributed by atoms with Crippen molar-refractivity contribution in [2.24, 2.45) is 5.73 Å². The minimum atomic E-state index is -0.0580. The van der Waals surface area contributed by atoms with Crippen LogP contribution in [0.15, 0.2) is 29.0 Å². The first-order chi connectivity index (χ1) is 12.6. The number of amides is 1. The quantitative estimate of drug-likeness (QED) is 0.825. The van der Waals surface area contributed by atoms with E-state index in [2.05, 4.69) is 15.3 Å². The van der Waals surface area contributed by atoms with E-state index in [1.54, 1.807) is 12.5 Å². The van der Waals surface area contributed by atoms with Gasteiger partial charge in [-0.15, -0.1) is 0 Å². The summed E-state index contributed by atoms with van der Waals surface area (Å²) in [6.07, 6.45) is 6.32. The summed E-state index contributed by atoms with van der Waals surface area (Å²) >= 11 is 0. The van der Waals surface area contributed by atoms with Gasteiger partial charge in [0.2, 0.25) is 0 Å². The lowest BCUT2D eigenvalue weighted by atomic mass is 10.0. The molecule has 1 aliphatic rings. The largest absolute Gasteiger partial charge is 0.467 e. The summed E-state index contributed by atoms with van der Waals surface area (Å²) in [6, 6.07) is 3.80. The van der Waals surface area contributed by atoms with E-state index in [9.17, 15) is 4.79 Å². The minimum Gasteiger partial charge on any atom is -0.467 e. The van der Waals surface area contributed by atoms with Gasteiger partial charge < -0.3 is 20.4 Å². The van der Waals surface area contributed by atoms with Crippen LogP contribution >= 0.6 is 0 Å². The van der Waals surface area contributed by atoms with Crippen molar-refractivity contribution >= 4 is 11.7 Å². The van der Waals surface area contributed by atoms with E-state index in [1.165, 1.54) is 0 Å². The molecule has 26 heavy (non-hydrogen) atoms. The lowest BCUT2D eigenvalue weighted by Gasteiger charge is -2.35. The van der Waals surface area contributed by atoms with Crippen molar-refractivity contribution in [3.8, 4) is 0 Å². The normalized spacial score (nSPS) is 17.5. The number of carbonyl (C=O) groups excluding carboxylic acids is 1. The van der Waals surface area contributed by atoms with E-state index in [0.29, 0.717) is 30.3 Å². The van der Waals surface area contributed by atoms with Crippen molar-refractivity contribution in [2.45, 2.75) is 51.6 Å². The summed E-state index contributed by atoms with van der Waals surface area (Å²) in [5.74, 6) is 2.15. The maximum Gasteiger partial charge on any atom is 0.259 e. The van der Waals surface area contributed by atoms with Gasteiger partial charge in [-0.05, 0) is 31.4 Å². The molecule has 1 atom stereocenters. The van der Waals surface area contributed by atoms with Crippen molar-refractivity contribution in [3.63, 3.8) is 0 Å². The van der Waals surface area contributed by atoms with Gasteiger partial charge in [0.25, 0.3) is 5.91 Å². The van der Waals surface area contributed by atoms with Crippen LogP contribution in [0.1, 0.15) is 61.0 Å². The van der Waals surface area contributed by atoms with Crippen molar-refractivity contribution < 1.29 is 9.21 Å². The first kappa shape index (κ1) is 18.4. The average Bonchev–Trinajstić information content (AvgIpc) is 3.19. The van der Waals surface area contributed by atoms with Gasteiger partial charge >= 0.3 is 0 Å². The number of aromatic nitrogens is 2. The molecule has 1 fully saturated rings. The number of nitrogens with two attached hydrogens (primary N) is 1. The predicted octanol–water partition coefficient (Wildman–Crippen LogP) is 2.76. The molecule has 3 rings (SSSR count). The Balaban J connectivity index is 1.87. The Bertz CT molecular complexity index is 730. The lowest BCUT2D eigenvalue weighted by molar-refractivity contribution is 0.0623. The van der Waals surface area contributed by atoms with Crippen LogP contribution in [0.25, 0.3) is 0 Å². The highest BCUT2D eigenvalue weighted by Crippen LogP contribution is 2.23. The highest BCUT2D eigenvalue weighted by Gasteiger charge is 2.29. The summed E-state index contributed by atoms with van der Waals surface area (Å²) in [5, 5.41) is 3.24. The van der Waals surface area contributed by atoms with E-state index in [1.807, 2.05) is 30.9 Å².